The van der Waals surface area contributed by atoms with Crippen LogP contribution in [-0.2, 0) is 14.1 Å². The van der Waals surface area contributed by atoms with E-state index in [1.165, 1.54) is 30.8 Å². The smallest absolute Gasteiger partial charge is 0.333 e. The molecule has 0 unspecified atom stereocenters. The zero-order chi connectivity index (χ0) is 19.1. The number of nitrogens with zero attached hydrogens (tertiary/aromatic N) is 2. The molecule has 0 aliphatic rings. The second-order valence-corrected chi connectivity index (χ2v) is 6.19. The van der Waals surface area contributed by atoms with Crippen molar-refractivity contribution in [3.05, 3.63) is 81.3 Å². The van der Waals surface area contributed by atoms with Gasteiger partial charge in [0.15, 0.2) is 0 Å². The molecule has 136 valence electrons. The lowest BCUT2D eigenvalue weighted by Gasteiger charge is -2.06. The first-order valence-electron chi connectivity index (χ1n) is 8.28. The highest BCUT2D eigenvalue weighted by atomic mass is 19.1. The summed E-state index contributed by atoms with van der Waals surface area (Å²) in [4.78, 5) is 25.1. The van der Waals surface area contributed by atoms with Gasteiger partial charge in [0.25, 0.3) is 5.56 Å². The normalized spacial score (nSPS) is 11.1. The van der Waals surface area contributed by atoms with Gasteiger partial charge in [-0.25, -0.2) is 9.18 Å². The molecule has 4 rings (SSSR count). The number of furan rings is 1. The predicted molar refractivity (Wildman–Crippen MR) is 102 cm³/mol. The molecule has 2 aromatic heterocycles. The molecule has 0 spiro atoms. The fourth-order valence-electron chi connectivity index (χ4n) is 3.05. The Morgan fingerprint density at radius 3 is 2.26 bits per heavy atom. The van der Waals surface area contributed by atoms with Crippen LogP contribution in [0.5, 0.6) is 0 Å². The van der Waals surface area contributed by atoms with E-state index in [2.05, 4.69) is 5.32 Å². The first-order chi connectivity index (χ1) is 13.0. The molecule has 0 fully saturated rings. The summed E-state index contributed by atoms with van der Waals surface area (Å²) in [5, 5.41) is 3.40. The lowest BCUT2D eigenvalue weighted by molar-refractivity contribution is 0.577. The minimum Gasteiger partial charge on any atom is -0.423 e. The Hall–Kier alpha value is -3.61. The van der Waals surface area contributed by atoms with Gasteiger partial charge in [-0.05, 0) is 29.8 Å². The van der Waals surface area contributed by atoms with Crippen LogP contribution in [0, 0.1) is 5.82 Å². The Morgan fingerprint density at radius 2 is 1.59 bits per heavy atom. The van der Waals surface area contributed by atoms with Gasteiger partial charge in [-0.2, -0.15) is 0 Å². The molecular weight excluding hydrogens is 349 g/mol. The predicted octanol–water partition coefficient (Wildman–Crippen LogP) is 3.38. The lowest BCUT2D eigenvalue weighted by atomic mass is 10.1. The maximum atomic E-state index is 13.4. The minimum atomic E-state index is -0.488. The molecular formula is C20H16FN3O3. The SMILES string of the molecule is Cn1c(=O)c2c(-c3ccc(F)cc3)c(Nc3ccccc3)oc2n(C)c1=O. The number of aryl methyl sites for hydroxylation is 1. The van der Waals surface area contributed by atoms with Gasteiger partial charge in [-0.15, -0.1) is 0 Å². The number of hydrogen-bond donors (Lipinski definition) is 1. The van der Waals surface area contributed by atoms with Crippen molar-refractivity contribution in [3.8, 4) is 11.1 Å². The molecule has 7 heteroatoms. The molecule has 1 N–H and O–H groups in total. The van der Waals surface area contributed by atoms with E-state index >= 15 is 0 Å². The molecule has 0 saturated carbocycles. The lowest BCUT2D eigenvalue weighted by Crippen LogP contribution is -2.36. The Morgan fingerprint density at radius 1 is 0.926 bits per heavy atom. The summed E-state index contributed by atoms with van der Waals surface area (Å²) < 4.78 is 21.6. The van der Waals surface area contributed by atoms with Crippen LogP contribution in [-0.4, -0.2) is 9.13 Å². The molecule has 2 heterocycles. The average molecular weight is 365 g/mol. The van der Waals surface area contributed by atoms with Crippen LogP contribution in [0.15, 0.2) is 68.6 Å². The van der Waals surface area contributed by atoms with Crippen LogP contribution in [0.4, 0.5) is 16.0 Å². The van der Waals surface area contributed by atoms with Crippen molar-refractivity contribution < 1.29 is 8.81 Å². The van der Waals surface area contributed by atoms with Crippen molar-refractivity contribution in [1.82, 2.24) is 9.13 Å². The summed E-state index contributed by atoms with van der Waals surface area (Å²) in [5.41, 5.74) is 1.02. The number of hydrogen-bond acceptors (Lipinski definition) is 4. The van der Waals surface area contributed by atoms with Crippen LogP contribution < -0.4 is 16.6 Å². The molecule has 2 aromatic carbocycles. The number of fused-ring (bicyclic) bond motifs is 1. The highest BCUT2D eigenvalue weighted by Crippen LogP contribution is 2.37. The van der Waals surface area contributed by atoms with Crippen molar-refractivity contribution >= 4 is 22.7 Å². The third-order valence-electron chi connectivity index (χ3n) is 4.45. The maximum absolute atomic E-state index is 13.4. The van der Waals surface area contributed by atoms with Crippen LogP contribution in [0.25, 0.3) is 22.2 Å². The molecule has 0 radical (unpaired) electrons. The topological polar surface area (TPSA) is 69.2 Å². The summed E-state index contributed by atoms with van der Waals surface area (Å²) in [6, 6.07) is 15.1. The quantitative estimate of drug-likeness (QED) is 0.604. The molecule has 0 aliphatic heterocycles. The van der Waals surface area contributed by atoms with Crippen molar-refractivity contribution in [2.24, 2.45) is 14.1 Å². The first-order valence-corrected chi connectivity index (χ1v) is 8.28. The second-order valence-electron chi connectivity index (χ2n) is 6.19. The number of halogens is 1. The van der Waals surface area contributed by atoms with E-state index in [0.717, 1.165) is 10.3 Å². The van der Waals surface area contributed by atoms with Gasteiger partial charge in [-0.3, -0.25) is 13.9 Å². The van der Waals surface area contributed by atoms with E-state index in [1.54, 1.807) is 12.1 Å². The van der Waals surface area contributed by atoms with Gasteiger partial charge in [0.2, 0.25) is 11.6 Å². The molecule has 0 bridgehead atoms. The van der Waals surface area contributed by atoms with Crippen LogP contribution in [0.3, 0.4) is 0 Å². The summed E-state index contributed by atoms with van der Waals surface area (Å²) >= 11 is 0. The number of rotatable bonds is 3. The van der Waals surface area contributed by atoms with E-state index in [1.807, 2.05) is 30.3 Å². The molecule has 4 aromatic rings. The molecule has 6 nitrogen and oxygen atoms in total. The van der Waals surface area contributed by atoms with E-state index in [0.29, 0.717) is 17.0 Å². The summed E-state index contributed by atoms with van der Waals surface area (Å²) in [5.74, 6) is -0.0782. The summed E-state index contributed by atoms with van der Waals surface area (Å²) in [7, 11) is 2.95. The Kier molecular flexibility index (Phi) is 3.92. The minimum absolute atomic E-state index is 0.154. The first kappa shape index (κ1) is 16.8. The molecule has 0 amide bonds. The fourth-order valence-corrected chi connectivity index (χ4v) is 3.05. The van der Waals surface area contributed by atoms with Crippen LogP contribution in [0.2, 0.25) is 0 Å². The van der Waals surface area contributed by atoms with Gasteiger partial charge in [0, 0.05) is 19.8 Å². The highest BCUT2D eigenvalue weighted by Gasteiger charge is 2.23. The summed E-state index contributed by atoms with van der Waals surface area (Å²) in [6.45, 7) is 0. The molecule has 0 saturated heterocycles. The Bertz CT molecular complexity index is 1250. The van der Waals surface area contributed by atoms with Crippen molar-refractivity contribution in [2.75, 3.05) is 5.32 Å². The number of benzene rings is 2. The van der Waals surface area contributed by atoms with Gasteiger partial charge < -0.3 is 9.73 Å². The number of anilines is 2. The second kappa shape index (κ2) is 6.28. The third kappa shape index (κ3) is 2.73. The standard InChI is InChI=1S/C20H16FN3O3/c1-23-18(25)16-15(12-8-10-13(21)11-9-12)17(22-14-6-4-3-5-7-14)27-19(16)24(2)20(23)26/h3-11,22H,1-2H3. The van der Waals surface area contributed by atoms with Gasteiger partial charge in [-0.1, -0.05) is 30.3 Å². The number of para-hydroxylation sites is 1. The van der Waals surface area contributed by atoms with Crippen molar-refractivity contribution in [2.45, 2.75) is 0 Å². The van der Waals surface area contributed by atoms with Crippen LogP contribution >= 0.6 is 0 Å². The monoisotopic (exact) mass is 365 g/mol. The van der Waals surface area contributed by atoms with E-state index in [-0.39, 0.29) is 16.9 Å². The molecule has 0 atom stereocenters. The van der Waals surface area contributed by atoms with Gasteiger partial charge in [0.1, 0.15) is 11.2 Å². The fraction of sp³-hybridized carbons (Fsp3) is 0.100. The van der Waals surface area contributed by atoms with E-state index in [9.17, 15) is 14.0 Å². The van der Waals surface area contributed by atoms with Crippen LogP contribution in [0.1, 0.15) is 0 Å². The van der Waals surface area contributed by atoms with Crippen molar-refractivity contribution in [3.63, 3.8) is 0 Å². The average Bonchev–Trinajstić information content (AvgIpc) is 3.05. The molecule has 0 aliphatic carbocycles. The zero-order valence-electron chi connectivity index (χ0n) is 14.7. The Balaban J connectivity index is 2.07. The highest BCUT2D eigenvalue weighted by molar-refractivity contribution is 5.99. The third-order valence-corrected chi connectivity index (χ3v) is 4.45. The van der Waals surface area contributed by atoms with Crippen molar-refractivity contribution in [1.29, 1.82) is 0 Å². The maximum Gasteiger partial charge on any atom is 0.333 e. The number of nitrogens with one attached hydrogen (secondary N) is 1. The summed E-state index contributed by atoms with van der Waals surface area (Å²) in [6.07, 6.45) is 0. The van der Waals surface area contributed by atoms with E-state index in [4.69, 9.17) is 4.42 Å². The Labute approximate surface area is 153 Å². The van der Waals surface area contributed by atoms with Gasteiger partial charge in [0.05, 0.1) is 5.56 Å². The van der Waals surface area contributed by atoms with E-state index < -0.39 is 11.2 Å². The zero-order valence-corrected chi connectivity index (χ0v) is 14.7. The molecule has 27 heavy (non-hydrogen) atoms. The largest absolute Gasteiger partial charge is 0.423 e. The van der Waals surface area contributed by atoms with Gasteiger partial charge >= 0.3 is 5.69 Å². The number of aromatic nitrogens is 2.